The quantitative estimate of drug-likeness (QED) is 0.686. The van der Waals surface area contributed by atoms with Crippen LogP contribution in [0.15, 0.2) is 24.3 Å². The lowest BCUT2D eigenvalue weighted by atomic mass is 10.1. The van der Waals surface area contributed by atoms with Crippen LogP contribution in [0.3, 0.4) is 0 Å². The van der Waals surface area contributed by atoms with E-state index in [9.17, 15) is 9.90 Å². The largest absolute Gasteiger partial charge is 0.507 e. The van der Waals surface area contributed by atoms with Gasteiger partial charge in [-0.1, -0.05) is 12.1 Å². The average Bonchev–Trinajstić information content (AvgIpc) is 2.41. The lowest BCUT2D eigenvalue weighted by molar-refractivity contribution is -0.138. The third kappa shape index (κ3) is 2.63. The fourth-order valence-corrected chi connectivity index (χ4v) is 1.46. The molecule has 8 nitrogen and oxygen atoms in total. The molecule has 0 saturated heterocycles. The highest BCUT2D eigenvalue weighted by Crippen LogP contribution is 2.24. The van der Waals surface area contributed by atoms with Crippen molar-refractivity contribution < 1.29 is 15.0 Å². The van der Waals surface area contributed by atoms with Gasteiger partial charge in [-0.15, -0.1) is 20.4 Å². The number of carboxylic acid groups (broad SMARTS) is 1. The predicted octanol–water partition coefficient (Wildman–Crippen LogP) is -0.234. The second-order valence-corrected chi connectivity index (χ2v) is 3.73. The summed E-state index contributed by atoms with van der Waals surface area (Å²) in [6.07, 6.45) is 0. The molecule has 0 bridgehead atoms. The minimum Gasteiger partial charge on any atom is -0.507 e. The van der Waals surface area contributed by atoms with Crippen LogP contribution in [0, 0.1) is 0 Å². The Morgan fingerprint density at radius 3 is 2.37 bits per heavy atom. The first-order chi connectivity index (χ1) is 9.13. The number of hydrogen-bond donors (Lipinski definition) is 3. The SMILES string of the molecule is NCC(C(=O)O)c1nnc(-c2ccccc2O)nn1. The highest BCUT2D eigenvalue weighted by atomic mass is 16.4. The Bertz CT molecular complexity index is 587. The van der Waals surface area contributed by atoms with Crippen LogP contribution in [0.5, 0.6) is 5.75 Å². The molecule has 1 unspecified atom stereocenters. The van der Waals surface area contributed by atoms with Crippen LogP contribution in [0.25, 0.3) is 11.4 Å². The van der Waals surface area contributed by atoms with E-state index in [-0.39, 0.29) is 23.9 Å². The summed E-state index contributed by atoms with van der Waals surface area (Å²) in [6, 6.07) is 6.44. The molecule has 0 spiro atoms. The molecule has 0 amide bonds. The van der Waals surface area contributed by atoms with Crippen LogP contribution in [-0.4, -0.2) is 43.1 Å². The summed E-state index contributed by atoms with van der Waals surface area (Å²) in [7, 11) is 0. The zero-order chi connectivity index (χ0) is 13.8. The number of aromatic hydroxyl groups is 1. The van der Waals surface area contributed by atoms with Gasteiger partial charge in [-0.3, -0.25) is 4.79 Å². The van der Waals surface area contributed by atoms with E-state index in [1.807, 2.05) is 0 Å². The van der Waals surface area contributed by atoms with Crippen LogP contribution >= 0.6 is 0 Å². The normalized spacial score (nSPS) is 12.1. The van der Waals surface area contributed by atoms with Gasteiger partial charge in [0.05, 0.1) is 5.56 Å². The molecule has 98 valence electrons. The van der Waals surface area contributed by atoms with E-state index in [2.05, 4.69) is 20.4 Å². The number of hydrogen-bond acceptors (Lipinski definition) is 7. The molecule has 1 heterocycles. The maximum Gasteiger partial charge on any atom is 0.315 e. The smallest absolute Gasteiger partial charge is 0.315 e. The molecule has 0 aliphatic heterocycles. The monoisotopic (exact) mass is 261 g/mol. The van der Waals surface area contributed by atoms with Gasteiger partial charge in [0.1, 0.15) is 11.7 Å². The van der Waals surface area contributed by atoms with Crippen molar-refractivity contribution in [1.29, 1.82) is 0 Å². The van der Waals surface area contributed by atoms with E-state index >= 15 is 0 Å². The summed E-state index contributed by atoms with van der Waals surface area (Å²) < 4.78 is 0. The topological polar surface area (TPSA) is 135 Å². The average molecular weight is 261 g/mol. The van der Waals surface area contributed by atoms with Gasteiger partial charge in [0, 0.05) is 6.54 Å². The number of para-hydroxylation sites is 1. The fourth-order valence-electron chi connectivity index (χ4n) is 1.46. The van der Waals surface area contributed by atoms with Gasteiger partial charge in [-0.25, -0.2) is 0 Å². The van der Waals surface area contributed by atoms with E-state index in [0.717, 1.165) is 0 Å². The van der Waals surface area contributed by atoms with Gasteiger partial charge in [0.2, 0.25) is 5.82 Å². The second kappa shape index (κ2) is 5.36. The molecule has 0 radical (unpaired) electrons. The van der Waals surface area contributed by atoms with Crippen LogP contribution in [0.4, 0.5) is 0 Å². The Morgan fingerprint density at radius 1 is 1.21 bits per heavy atom. The number of phenolic OH excluding ortho intramolecular Hbond substituents is 1. The minimum atomic E-state index is -1.14. The highest BCUT2D eigenvalue weighted by Gasteiger charge is 2.22. The molecule has 2 aromatic rings. The molecule has 8 heteroatoms. The summed E-state index contributed by atoms with van der Waals surface area (Å²) in [4.78, 5) is 10.9. The predicted molar refractivity (Wildman–Crippen MR) is 64.2 cm³/mol. The molecule has 4 N–H and O–H groups in total. The maximum absolute atomic E-state index is 10.9. The number of aromatic nitrogens is 4. The maximum atomic E-state index is 10.9. The molecule has 1 atom stereocenters. The lowest BCUT2D eigenvalue weighted by Crippen LogP contribution is -2.24. The third-order valence-electron chi connectivity index (χ3n) is 2.48. The van der Waals surface area contributed by atoms with E-state index in [0.29, 0.717) is 5.56 Å². The zero-order valence-corrected chi connectivity index (χ0v) is 9.76. The van der Waals surface area contributed by atoms with Crippen LogP contribution in [-0.2, 0) is 4.79 Å². The zero-order valence-electron chi connectivity index (χ0n) is 9.76. The number of carboxylic acids is 1. The van der Waals surface area contributed by atoms with Crippen molar-refractivity contribution in [3.05, 3.63) is 30.1 Å². The molecular formula is C11H11N5O3. The number of phenols is 1. The Kier molecular flexibility index (Phi) is 3.62. The molecule has 0 saturated carbocycles. The Hall–Kier alpha value is -2.61. The summed E-state index contributed by atoms with van der Waals surface area (Å²) in [5.41, 5.74) is 5.69. The number of carbonyl (C=O) groups is 1. The van der Waals surface area contributed by atoms with Crippen LogP contribution in [0.2, 0.25) is 0 Å². The van der Waals surface area contributed by atoms with Crippen molar-refractivity contribution in [2.75, 3.05) is 6.54 Å². The summed E-state index contributed by atoms with van der Waals surface area (Å²) in [5, 5.41) is 33.4. The molecular weight excluding hydrogens is 250 g/mol. The van der Waals surface area contributed by atoms with Crippen molar-refractivity contribution in [1.82, 2.24) is 20.4 Å². The van der Waals surface area contributed by atoms with E-state index in [1.54, 1.807) is 18.2 Å². The first-order valence-corrected chi connectivity index (χ1v) is 5.42. The second-order valence-electron chi connectivity index (χ2n) is 3.73. The molecule has 0 aliphatic carbocycles. The Labute approximate surface area is 107 Å². The summed E-state index contributed by atoms with van der Waals surface area (Å²) in [5.74, 6) is -2.13. The van der Waals surface area contributed by atoms with Gasteiger partial charge in [-0.05, 0) is 12.1 Å². The first kappa shape index (κ1) is 12.8. The number of aliphatic carboxylic acids is 1. The summed E-state index contributed by atoms with van der Waals surface area (Å²) >= 11 is 0. The number of rotatable bonds is 4. The van der Waals surface area contributed by atoms with Gasteiger partial charge in [0.15, 0.2) is 5.82 Å². The van der Waals surface area contributed by atoms with Gasteiger partial charge < -0.3 is 15.9 Å². The standard InChI is InChI=1S/C11H11N5O3/c12-5-7(11(18)19)10-15-13-9(14-16-10)6-3-1-2-4-8(6)17/h1-4,7,17H,5,12H2,(H,18,19). The third-order valence-corrected chi connectivity index (χ3v) is 2.48. The van der Waals surface area contributed by atoms with Crippen LogP contribution < -0.4 is 5.73 Å². The number of nitrogens with two attached hydrogens (primary N) is 1. The molecule has 1 aromatic carbocycles. The van der Waals surface area contributed by atoms with Gasteiger partial charge >= 0.3 is 5.97 Å². The van der Waals surface area contributed by atoms with Crippen molar-refractivity contribution >= 4 is 5.97 Å². The van der Waals surface area contributed by atoms with Gasteiger partial charge in [-0.2, -0.15) is 0 Å². The molecule has 2 rings (SSSR count). The van der Waals surface area contributed by atoms with Crippen molar-refractivity contribution in [3.63, 3.8) is 0 Å². The molecule has 19 heavy (non-hydrogen) atoms. The highest BCUT2D eigenvalue weighted by molar-refractivity contribution is 5.75. The number of nitrogens with zero attached hydrogens (tertiary/aromatic N) is 4. The fraction of sp³-hybridized carbons (Fsp3) is 0.182. The van der Waals surface area contributed by atoms with Gasteiger partial charge in [0.25, 0.3) is 0 Å². The van der Waals surface area contributed by atoms with Crippen molar-refractivity contribution in [3.8, 4) is 17.1 Å². The Balaban J connectivity index is 2.33. The summed E-state index contributed by atoms with van der Waals surface area (Å²) in [6.45, 7) is -0.144. The van der Waals surface area contributed by atoms with E-state index in [4.69, 9.17) is 10.8 Å². The molecule has 0 fully saturated rings. The molecule has 1 aromatic heterocycles. The van der Waals surface area contributed by atoms with Crippen LogP contribution in [0.1, 0.15) is 11.7 Å². The van der Waals surface area contributed by atoms with E-state index in [1.165, 1.54) is 6.07 Å². The first-order valence-electron chi connectivity index (χ1n) is 5.42. The van der Waals surface area contributed by atoms with Crippen molar-refractivity contribution in [2.45, 2.75) is 5.92 Å². The Morgan fingerprint density at radius 2 is 1.84 bits per heavy atom. The number of benzene rings is 1. The van der Waals surface area contributed by atoms with Crippen molar-refractivity contribution in [2.24, 2.45) is 5.73 Å². The lowest BCUT2D eigenvalue weighted by Gasteiger charge is -2.06. The molecule has 0 aliphatic rings. The minimum absolute atomic E-state index is 0.00698. The van der Waals surface area contributed by atoms with E-state index < -0.39 is 11.9 Å².